The van der Waals surface area contributed by atoms with E-state index >= 15 is 0 Å². The number of rotatable bonds is 6. The maximum atomic E-state index is 12.4. The lowest BCUT2D eigenvalue weighted by molar-refractivity contribution is 0.580. The van der Waals surface area contributed by atoms with Gasteiger partial charge in [-0.3, -0.25) is 0 Å². The average Bonchev–Trinajstić information content (AvgIpc) is 3.26. The first-order chi connectivity index (χ1) is 10.9. The highest BCUT2D eigenvalue weighted by Gasteiger charge is 2.27. The van der Waals surface area contributed by atoms with Gasteiger partial charge in [-0.05, 0) is 56.4 Å². The zero-order valence-corrected chi connectivity index (χ0v) is 14.8. The Kier molecular flexibility index (Phi) is 4.34. The Morgan fingerprint density at radius 2 is 1.83 bits per heavy atom. The van der Waals surface area contributed by atoms with Gasteiger partial charge in [0, 0.05) is 24.0 Å². The Labute approximate surface area is 138 Å². The van der Waals surface area contributed by atoms with E-state index in [-0.39, 0.29) is 5.75 Å². The molecule has 1 aromatic carbocycles. The van der Waals surface area contributed by atoms with E-state index in [1.165, 1.54) is 24.2 Å². The minimum atomic E-state index is -3.34. The van der Waals surface area contributed by atoms with Crippen LogP contribution in [0.2, 0.25) is 0 Å². The molecule has 23 heavy (non-hydrogen) atoms. The molecule has 124 valence electrons. The maximum absolute atomic E-state index is 12.4. The van der Waals surface area contributed by atoms with Crippen LogP contribution < -0.4 is 4.72 Å². The third-order valence-corrected chi connectivity index (χ3v) is 5.87. The van der Waals surface area contributed by atoms with Gasteiger partial charge in [0.25, 0.3) is 0 Å². The number of benzene rings is 1. The standard InChI is InChI=1S/C18H24N2O2S/c1-13-6-4-5-7-16(13)12-23(21,22)19-11-17-10-14(2)20(15(17)3)18-8-9-18/h4-7,10,18-19H,8-9,11-12H2,1-3H3. The van der Waals surface area contributed by atoms with Crippen LogP contribution in [0.5, 0.6) is 0 Å². The van der Waals surface area contributed by atoms with E-state index in [4.69, 9.17) is 0 Å². The van der Waals surface area contributed by atoms with Crippen molar-refractivity contribution >= 4 is 10.0 Å². The highest BCUT2D eigenvalue weighted by Crippen LogP contribution is 2.38. The SMILES string of the molecule is Cc1ccccc1CS(=O)(=O)NCc1cc(C)n(C2CC2)c1C. The molecule has 1 N–H and O–H groups in total. The Morgan fingerprint density at radius 3 is 2.48 bits per heavy atom. The smallest absolute Gasteiger partial charge is 0.216 e. The Hall–Kier alpha value is -1.59. The molecule has 4 nitrogen and oxygen atoms in total. The van der Waals surface area contributed by atoms with Gasteiger partial charge < -0.3 is 4.57 Å². The Balaban J connectivity index is 1.70. The molecule has 0 atom stereocenters. The summed E-state index contributed by atoms with van der Waals surface area (Å²) in [6.45, 7) is 6.47. The normalized spacial score (nSPS) is 15.1. The number of nitrogens with one attached hydrogen (secondary N) is 1. The topological polar surface area (TPSA) is 51.1 Å². The maximum Gasteiger partial charge on any atom is 0.216 e. The van der Waals surface area contributed by atoms with Gasteiger partial charge in [0.05, 0.1) is 5.75 Å². The van der Waals surface area contributed by atoms with Crippen molar-refractivity contribution < 1.29 is 8.42 Å². The fourth-order valence-corrected chi connectivity index (χ4v) is 4.35. The van der Waals surface area contributed by atoms with Gasteiger partial charge in [0.1, 0.15) is 0 Å². The summed E-state index contributed by atoms with van der Waals surface area (Å²) < 4.78 is 29.8. The molecule has 1 aliphatic carbocycles. The van der Waals surface area contributed by atoms with E-state index in [1.807, 2.05) is 31.2 Å². The van der Waals surface area contributed by atoms with Crippen molar-refractivity contribution in [2.45, 2.75) is 52.0 Å². The first-order valence-corrected chi connectivity index (χ1v) is 9.72. The van der Waals surface area contributed by atoms with Gasteiger partial charge in [-0.2, -0.15) is 0 Å². The summed E-state index contributed by atoms with van der Waals surface area (Å²) in [4.78, 5) is 0. The van der Waals surface area contributed by atoms with E-state index in [9.17, 15) is 8.42 Å². The molecule has 1 aliphatic rings. The second-order valence-electron chi connectivity index (χ2n) is 6.50. The van der Waals surface area contributed by atoms with Crippen molar-refractivity contribution in [2.75, 3.05) is 0 Å². The largest absolute Gasteiger partial charge is 0.346 e. The minimum Gasteiger partial charge on any atom is -0.346 e. The van der Waals surface area contributed by atoms with Crippen LogP contribution in [0.1, 0.15) is 47.0 Å². The average molecular weight is 332 g/mol. The van der Waals surface area contributed by atoms with Gasteiger partial charge in [-0.25, -0.2) is 13.1 Å². The predicted molar refractivity (Wildman–Crippen MR) is 92.8 cm³/mol. The van der Waals surface area contributed by atoms with E-state index in [0.29, 0.717) is 12.6 Å². The highest BCUT2D eigenvalue weighted by molar-refractivity contribution is 7.88. The lowest BCUT2D eigenvalue weighted by Crippen LogP contribution is -2.25. The van der Waals surface area contributed by atoms with Crippen molar-refractivity contribution in [3.05, 3.63) is 58.4 Å². The van der Waals surface area contributed by atoms with Crippen LogP contribution in [0.4, 0.5) is 0 Å². The summed E-state index contributed by atoms with van der Waals surface area (Å²) in [6.07, 6.45) is 2.46. The Bertz CT molecular complexity index is 818. The molecule has 0 radical (unpaired) electrons. The van der Waals surface area contributed by atoms with Crippen molar-refractivity contribution in [2.24, 2.45) is 0 Å². The molecule has 5 heteroatoms. The van der Waals surface area contributed by atoms with E-state index < -0.39 is 10.0 Å². The molecule has 1 aromatic heterocycles. The number of aromatic nitrogens is 1. The first kappa shape index (κ1) is 16.3. The molecule has 2 aromatic rings. The first-order valence-electron chi connectivity index (χ1n) is 8.06. The molecular weight excluding hydrogens is 308 g/mol. The van der Waals surface area contributed by atoms with Crippen molar-refractivity contribution in [1.82, 2.24) is 9.29 Å². The molecule has 0 amide bonds. The van der Waals surface area contributed by atoms with Crippen molar-refractivity contribution in [3.8, 4) is 0 Å². The van der Waals surface area contributed by atoms with Crippen LogP contribution in [-0.2, 0) is 22.3 Å². The second kappa shape index (κ2) is 6.13. The van der Waals surface area contributed by atoms with Gasteiger partial charge >= 0.3 is 0 Å². The molecule has 1 heterocycles. The van der Waals surface area contributed by atoms with Crippen LogP contribution in [0.25, 0.3) is 0 Å². The van der Waals surface area contributed by atoms with Crippen LogP contribution >= 0.6 is 0 Å². The molecule has 1 fully saturated rings. The lowest BCUT2D eigenvalue weighted by Gasteiger charge is -2.10. The fraction of sp³-hybridized carbons (Fsp3) is 0.444. The summed E-state index contributed by atoms with van der Waals surface area (Å²) >= 11 is 0. The molecular formula is C18H24N2O2S. The highest BCUT2D eigenvalue weighted by atomic mass is 32.2. The van der Waals surface area contributed by atoms with Gasteiger partial charge in [0.2, 0.25) is 10.0 Å². The van der Waals surface area contributed by atoms with Crippen LogP contribution in [0, 0.1) is 20.8 Å². The Morgan fingerprint density at radius 1 is 1.13 bits per heavy atom. The van der Waals surface area contributed by atoms with Crippen molar-refractivity contribution in [1.29, 1.82) is 0 Å². The third kappa shape index (κ3) is 3.67. The summed E-state index contributed by atoms with van der Waals surface area (Å²) in [5.41, 5.74) is 5.33. The lowest BCUT2D eigenvalue weighted by atomic mass is 10.1. The molecule has 1 saturated carbocycles. The van der Waals surface area contributed by atoms with E-state index in [0.717, 1.165) is 16.7 Å². The summed E-state index contributed by atoms with van der Waals surface area (Å²) in [6, 6.07) is 10.3. The van der Waals surface area contributed by atoms with E-state index in [1.54, 1.807) is 0 Å². The zero-order valence-electron chi connectivity index (χ0n) is 14.0. The zero-order chi connectivity index (χ0) is 16.6. The number of hydrogen-bond acceptors (Lipinski definition) is 2. The molecule has 0 aliphatic heterocycles. The van der Waals surface area contributed by atoms with Crippen LogP contribution in [0.3, 0.4) is 0 Å². The molecule has 0 unspecified atom stereocenters. The summed E-state index contributed by atoms with van der Waals surface area (Å²) in [5, 5.41) is 0. The predicted octanol–water partition coefficient (Wildman–Crippen LogP) is 3.37. The van der Waals surface area contributed by atoms with Gasteiger partial charge in [0.15, 0.2) is 0 Å². The molecule has 0 spiro atoms. The second-order valence-corrected chi connectivity index (χ2v) is 8.31. The molecule has 3 rings (SSSR count). The monoisotopic (exact) mass is 332 g/mol. The molecule has 0 bridgehead atoms. The minimum absolute atomic E-state index is 0.0288. The third-order valence-electron chi connectivity index (χ3n) is 4.59. The molecule has 0 saturated heterocycles. The summed E-state index contributed by atoms with van der Waals surface area (Å²) in [5.74, 6) is 0.0288. The van der Waals surface area contributed by atoms with Gasteiger partial charge in [-0.1, -0.05) is 24.3 Å². The van der Waals surface area contributed by atoms with Crippen LogP contribution in [-0.4, -0.2) is 13.0 Å². The number of aryl methyl sites for hydroxylation is 2. The number of nitrogens with zero attached hydrogens (tertiary/aromatic N) is 1. The van der Waals surface area contributed by atoms with Crippen LogP contribution in [0.15, 0.2) is 30.3 Å². The van der Waals surface area contributed by atoms with Gasteiger partial charge in [-0.15, -0.1) is 0 Å². The number of hydrogen-bond donors (Lipinski definition) is 1. The van der Waals surface area contributed by atoms with Crippen molar-refractivity contribution in [3.63, 3.8) is 0 Å². The quantitative estimate of drug-likeness (QED) is 0.882. The summed E-state index contributed by atoms with van der Waals surface area (Å²) in [7, 11) is -3.34. The van der Waals surface area contributed by atoms with E-state index in [2.05, 4.69) is 29.2 Å². The fourth-order valence-electron chi connectivity index (χ4n) is 3.13. The number of sulfonamides is 1.